The van der Waals surface area contributed by atoms with Gasteiger partial charge in [0.25, 0.3) is 0 Å². The molecule has 1 amide bonds. The number of rotatable bonds is 5. The summed E-state index contributed by atoms with van der Waals surface area (Å²) in [7, 11) is 0. The molecule has 1 saturated carbocycles. The lowest BCUT2D eigenvalue weighted by atomic mass is 10.0. The number of aryl methyl sites for hydroxylation is 2. The van der Waals surface area contributed by atoms with E-state index in [2.05, 4.69) is 20.6 Å². The maximum Gasteiger partial charge on any atom is 0.230 e. The lowest BCUT2D eigenvalue weighted by Gasteiger charge is -2.26. The molecule has 1 aliphatic carbocycles. The van der Waals surface area contributed by atoms with Gasteiger partial charge in [0.1, 0.15) is 24.4 Å². The predicted molar refractivity (Wildman–Crippen MR) is 105 cm³/mol. The van der Waals surface area contributed by atoms with Crippen molar-refractivity contribution in [1.29, 1.82) is 0 Å². The summed E-state index contributed by atoms with van der Waals surface area (Å²) in [6.45, 7) is 5.68. The van der Waals surface area contributed by atoms with Gasteiger partial charge in [-0.3, -0.25) is 4.79 Å². The van der Waals surface area contributed by atoms with Crippen molar-refractivity contribution < 1.29 is 13.9 Å². The van der Waals surface area contributed by atoms with Crippen LogP contribution in [-0.2, 0) is 4.79 Å². The van der Waals surface area contributed by atoms with Crippen LogP contribution in [0.5, 0.6) is 5.75 Å². The van der Waals surface area contributed by atoms with E-state index >= 15 is 0 Å². The Bertz CT molecular complexity index is 862. The topological polar surface area (TPSA) is 76.1 Å². The molecule has 2 aromatic rings. The maximum atomic E-state index is 13.2. The summed E-state index contributed by atoms with van der Waals surface area (Å²) in [5, 5.41) is 6.18. The van der Waals surface area contributed by atoms with E-state index in [-0.39, 0.29) is 12.0 Å². The Kier molecular flexibility index (Phi) is 5.26. The van der Waals surface area contributed by atoms with E-state index in [9.17, 15) is 9.18 Å². The number of alkyl halides is 1. The summed E-state index contributed by atoms with van der Waals surface area (Å²) in [6.07, 6.45) is 2.99. The molecule has 4 rings (SSSR count). The Morgan fingerprint density at radius 1 is 1.29 bits per heavy atom. The summed E-state index contributed by atoms with van der Waals surface area (Å²) in [4.78, 5) is 20.8. The smallest absolute Gasteiger partial charge is 0.230 e. The molecule has 1 aromatic heterocycles. The van der Waals surface area contributed by atoms with E-state index in [4.69, 9.17) is 4.74 Å². The highest BCUT2D eigenvalue weighted by molar-refractivity contribution is 5.95. The first-order chi connectivity index (χ1) is 13.5. The van der Waals surface area contributed by atoms with Crippen LogP contribution in [0.15, 0.2) is 24.5 Å². The minimum atomic E-state index is -1.02. The second kappa shape index (κ2) is 7.83. The van der Waals surface area contributed by atoms with Crippen LogP contribution < -0.4 is 15.4 Å². The molecule has 0 bridgehead atoms. The second-order valence-corrected chi connectivity index (χ2v) is 7.56. The van der Waals surface area contributed by atoms with E-state index in [1.807, 2.05) is 26.0 Å². The second-order valence-electron chi connectivity index (χ2n) is 7.56. The Morgan fingerprint density at radius 3 is 2.68 bits per heavy atom. The molecule has 0 radical (unpaired) electrons. The number of nitrogens with zero attached hydrogens (tertiary/aromatic N) is 2. The molecule has 2 aliphatic rings. The number of aromatic nitrogens is 2. The van der Waals surface area contributed by atoms with Crippen molar-refractivity contribution in [3.8, 4) is 16.9 Å². The first kappa shape index (κ1) is 18.8. The quantitative estimate of drug-likeness (QED) is 0.828. The molecule has 3 atom stereocenters. The Labute approximate surface area is 163 Å². The van der Waals surface area contributed by atoms with Gasteiger partial charge in [-0.2, -0.15) is 0 Å². The van der Waals surface area contributed by atoms with Crippen LogP contribution in [0.4, 0.5) is 10.1 Å². The first-order valence-electron chi connectivity index (χ1n) is 9.78. The van der Waals surface area contributed by atoms with Crippen molar-refractivity contribution in [3.63, 3.8) is 0 Å². The van der Waals surface area contributed by atoms with Crippen molar-refractivity contribution in [3.05, 3.63) is 35.9 Å². The summed E-state index contributed by atoms with van der Waals surface area (Å²) >= 11 is 0. The number of piperidine rings is 1. The Hall–Kier alpha value is -2.54. The molecule has 148 valence electrons. The zero-order valence-corrected chi connectivity index (χ0v) is 16.2. The van der Waals surface area contributed by atoms with E-state index in [0.717, 1.165) is 54.2 Å². The van der Waals surface area contributed by atoms with Gasteiger partial charge in [0.05, 0.1) is 5.92 Å². The van der Waals surface area contributed by atoms with Crippen LogP contribution >= 0.6 is 0 Å². The molecule has 6 nitrogen and oxygen atoms in total. The van der Waals surface area contributed by atoms with Crippen LogP contribution in [0, 0.1) is 19.8 Å². The van der Waals surface area contributed by atoms with E-state index in [0.29, 0.717) is 12.1 Å². The molecule has 2 N–H and O–H groups in total. The zero-order valence-electron chi connectivity index (χ0n) is 16.2. The highest BCUT2D eigenvalue weighted by Gasteiger charge is 2.43. The van der Waals surface area contributed by atoms with Crippen LogP contribution in [0.3, 0.4) is 0 Å². The molecule has 1 saturated heterocycles. The Balaban J connectivity index is 1.67. The van der Waals surface area contributed by atoms with Gasteiger partial charge in [-0.05, 0) is 57.9 Å². The average Bonchev–Trinajstić information content (AvgIpc) is 3.41. The van der Waals surface area contributed by atoms with Gasteiger partial charge < -0.3 is 15.4 Å². The predicted octanol–water partition coefficient (Wildman–Crippen LogP) is 3.19. The van der Waals surface area contributed by atoms with E-state index in [1.54, 1.807) is 12.4 Å². The van der Waals surface area contributed by atoms with Gasteiger partial charge in [0, 0.05) is 34.7 Å². The summed E-state index contributed by atoms with van der Waals surface area (Å²) in [6, 6.07) is 5.54. The third-order valence-corrected chi connectivity index (χ3v) is 5.34. The van der Waals surface area contributed by atoms with Gasteiger partial charge in [-0.15, -0.1) is 0 Å². The van der Waals surface area contributed by atoms with Gasteiger partial charge in [-0.25, -0.2) is 14.4 Å². The standard InChI is InChI=1S/C21H25FN4O2/c1-12-20(13(2)25-11-24-12)17-8-14(26-21(27)16-9-18(16)22)5-6-19(17)28-15-4-3-7-23-10-15/h5-6,8,11,15-16,18,23H,3-4,7,9-10H2,1-2H3,(H,26,27)/t15-,16-,18-/m1/s1. The number of nitrogens with one attached hydrogen (secondary N) is 2. The van der Waals surface area contributed by atoms with Crippen LogP contribution in [0.25, 0.3) is 11.1 Å². The normalized spacial score (nSPS) is 23.9. The summed E-state index contributed by atoms with van der Waals surface area (Å²) in [5.74, 6) is -0.0694. The molecule has 0 spiro atoms. The largest absolute Gasteiger partial charge is 0.488 e. The van der Waals surface area contributed by atoms with Crippen molar-refractivity contribution in [1.82, 2.24) is 15.3 Å². The highest BCUT2D eigenvalue weighted by Crippen LogP contribution is 2.38. The van der Waals surface area contributed by atoms with Crippen LogP contribution in [0.2, 0.25) is 0 Å². The molecular weight excluding hydrogens is 359 g/mol. The zero-order chi connectivity index (χ0) is 19.7. The number of amides is 1. The highest BCUT2D eigenvalue weighted by atomic mass is 19.1. The van der Waals surface area contributed by atoms with Crippen molar-refractivity contribution in [2.24, 2.45) is 5.92 Å². The van der Waals surface area contributed by atoms with E-state index in [1.165, 1.54) is 0 Å². The number of benzene rings is 1. The number of carbonyl (C=O) groups excluding carboxylic acids is 1. The molecule has 1 aromatic carbocycles. The average molecular weight is 384 g/mol. The van der Waals surface area contributed by atoms with Crippen molar-refractivity contribution in [2.75, 3.05) is 18.4 Å². The molecular formula is C21H25FN4O2. The molecule has 1 aliphatic heterocycles. The summed E-state index contributed by atoms with van der Waals surface area (Å²) in [5.41, 5.74) is 4.04. The third-order valence-electron chi connectivity index (χ3n) is 5.34. The van der Waals surface area contributed by atoms with Crippen molar-refractivity contribution >= 4 is 11.6 Å². The van der Waals surface area contributed by atoms with Crippen LogP contribution in [0.1, 0.15) is 30.7 Å². The maximum absolute atomic E-state index is 13.2. The number of halogens is 1. The number of hydrogen-bond acceptors (Lipinski definition) is 5. The number of ether oxygens (including phenoxy) is 1. The first-order valence-corrected chi connectivity index (χ1v) is 9.78. The SMILES string of the molecule is Cc1ncnc(C)c1-c1cc(NC(=O)[C@@H]2C[C@H]2F)ccc1O[C@@H]1CCCNC1. The lowest BCUT2D eigenvalue weighted by Crippen LogP contribution is -2.37. The monoisotopic (exact) mass is 384 g/mol. The minimum Gasteiger partial charge on any atom is -0.488 e. The summed E-state index contributed by atoms with van der Waals surface area (Å²) < 4.78 is 19.5. The molecule has 2 heterocycles. The molecule has 7 heteroatoms. The molecule has 28 heavy (non-hydrogen) atoms. The number of hydrogen-bond donors (Lipinski definition) is 2. The number of anilines is 1. The lowest BCUT2D eigenvalue weighted by molar-refractivity contribution is -0.117. The van der Waals surface area contributed by atoms with Gasteiger partial charge >= 0.3 is 0 Å². The fourth-order valence-electron chi connectivity index (χ4n) is 3.66. The Morgan fingerprint density at radius 2 is 2.04 bits per heavy atom. The van der Waals surface area contributed by atoms with Crippen LogP contribution in [-0.4, -0.2) is 41.2 Å². The number of carbonyl (C=O) groups is 1. The van der Waals surface area contributed by atoms with Gasteiger partial charge in [0.2, 0.25) is 5.91 Å². The minimum absolute atomic E-state index is 0.0944. The molecule has 2 fully saturated rings. The van der Waals surface area contributed by atoms with Crippen molar-refractivity contribution in [2.45, 2.75) is 45.4 Å². The van der Waals surface area contributed by atoms with Gasteiger partial charge in [0.15, 0.2) is 0 Å². The third kappa shape index (κ3) is 3.99. The molecule has 0 unspecified atom stereocenters. The fourth-order valence-corrected chi connectivity index (χ4v) is 3.66. The van der Waals surface area contributed by atoms with Gasteiger partial charge in [-0.1, -0.05) is 0 Å². The fraction of sp³-hybridized carbons (Fsp3) is 0.476. The van der Waals surface area contributed by atoms with E-state index < -0.39 is 12.1 Å².